The van der Waals surface area contributed by atoms with Crippen LogP contribution >= 0.6 is 0 Å². The Hall–Kier alpha value is -1.10. The average Bonchev–Trinajstić information content (AvgIpc) is 2.19. The lowest BCUT2D eigenvalue weighted by Crippen LogP contribution is -2.08. The van der Waals surface area contributed by atoms with Crippen molar-refractivity contribution in [2.24, 2.45) is 0 Å². The van der Waals surface area contributed by atoms with Crippen LogP contribution < -0.4 is 0 Å². The van der Waals surface area contributed by atoms with E-state index in [1.807, 2.05) is 13.8 Å². The molecule has 0 radical (unpaired) electrons. The number of ether oxygens (including phenoxy) is 1. The van der Waals surface area contributed by atoms with Crippen LogP contribution in [0.25, 0.3) is 0 Å². The highest BCUT2D eigenvalue weighted by molar-refractivity contribution is 5.26. The molecule has 0 spiro atoms. The van der Waals surface area contributed by atoms with E-state index in [1.54, 1.807) is 0 Å². The van der Waals surface area contributed by atoms with Crippen molar-refractivity contribution in [1.82, 2.24) is 0 Å². The van der Waals surface area contributed by atoms with E-state index in [0.29, 0.717) is 11.6 Å². The maximum atomic E-state index is 12.9. The molecule has 0 amide bonds. The first kappa shape index (κ1) is 14.9. The van der Waals surface area contributed by atoms with Gasteiger partial charge in [-0.2, -0.15) is 13.2 Å². The van der Waals surface area contributed by atoms with Crippen LogP contribution in [0.4, 0.5) is 17.6 Å². The topological polar surface area (TPSA) is 9.23 Å². The van der Waals surface area contributed by atoms with Gasteiger partial charge in [-0.1, -0.05) is 19.9 Å². The predicted octanol–water partition coefficient (Wildman–Crippen LogP) is 4.02. The van der Waals surface area contributed by atoms with Gasteiger partial charge in [0.1, 0.15) is 5.82 Å². The molecule has 16 heavy (non-hydrogen) atoms. The first-order chi connectivity index (χ1) is 7.45. The van der Waals surface area contributed by atoms with Gasteiger partial charge in [0.15, 0.2) is 0 Å². The van der Waals surface area contributed by atoms with Crippen LogP contribution in [0.15, 0.2) is 18.2 Å². The summed E-state index contributed by atoms with van der Waals surface area (Å²) in [6, 6.07) is 2.73. The number of rotatable bonds is 2. The fourth-order valence-electron chi connectivity index (χ4n) is 1.04. The molecule has 0 aromatic heterocycles. The Morgan fingerprint density at radius 3 is 2.12 bits per heavy atom. The molecule has 0 bridgehead atoms. The zero-order valence-corrected chi connectivity index (χ0v) is 9.36. The third-order valence-corrected chi connectivity index (χ3v) is 1.65. The lowest BCUT2D eigenvalue weighted by atomic mass is 10.1. The minimum atomic E-state index is -4.64. The van der Waals surface area contributed by atoms with Crippen molar-refractivity contribution in [2.45, 2.75) is 26.6 Å². The molecule has 0 atom stereocenters. The Bertz CT molecular complexity index is 320. The van der Waals surface area contributed by atoms with Crippen LogP contribution in [0, 0.1) is 5.82 Å². The molecule has 92 valence electrons. The summed E-state index contributed by atoms with van der Waals surface area (Å²) in [5.41, 5.74) is -0.879. The van der Waals surface area contributed by atoms with Gasteiger partial charge in [-0.3, -0.25) is 0 Å². The third kappa shape index (κ3) is 4.18. The second-order valence-electron chi connectivity index (χ2n) is 2.74. The number of benzene rings is 1. The molecule has 1 aromatic carbocycles. The third-order valence-electron chi connectivity index (χ3n) is 1.65. The van der Waals surface area contributed by atoms with Gasteiger partial charge in [0.2, 0.25) is 0 Å². The zero-order chi connectivity index (χ0) is 12.8. The lowest BCUT2D eigenvalue weighted by molar-refractivity contribution is -0.140. The van der Waals surface area contributed by atoms with Gasteiger partial charge in [-0.05, 0) is 17.7 Å². The minimum absolute atomic E-state index is 0.0923. The summed E-state index contributed by atoms with van der Waals surface area (Å²) in [5, 5.41) is 0. The van der Waals surface area contributed by atoms with E-state index in [0.717, 1.165) is 6.07 Å². The van der Waals surface area contributed by atoms with Gasteiger partial charge < -0.3 is 4.74 Å². The van der Waals surface area contributed by atoms with Gasteiger partial charge in [-0.25, -0.2) is 4.39 Å². The zero-order valence-electron chi connectivity index (χ0n) is 9.36. The van der Waals surface area contributed by atoms with Crippen molar-refractivity contribution in [2.75, 3.05) is 7.11 Å². The van der Waals surface area contributed by atoms with E-state index < -0.39 is 17.6 Å². The highest BCUT2D eigenvalue weighted by Gasteiger charge is 2.33. The van der Waals surface area contributed by atoms with E-state index in [9.17, 15) is 17.6 Å². The van der Waals surface area contributed by atoms with E-state index in [-0.39, 0.29) is 6.61 Å². The molecule has 1 nitrogen and oxygen atoms in total. The standard InChI is InChI=1S/C9H8F4O.C2H6/c1-14-5-6-2-3-7(8(10)4-6)9(11,12)13;1-2/h2-4H,5H2,1H3;1-2H3. The van der Waals surface area contributed by atoms with Crippen molar-refractivity contribution >= 4 is 0 Å². The molecule has 0 saturated carbocycles. The predicted molar refractivity (Wildman–Crippen MR) is 53.5 cm³/mol. The summed E-state index contributed by atoms with van der Waals surface area (Å²) in [6.07, 6.45) is -4.64. The van der Waals surface area contributed by atoms with Gasteiger partial charge >= 0.3 is 6.18 Å². The summed E-state index contributed by atoms with van der Waals surface area (Å²) >= 11 is 0. The fraction of sp³-hybridized carbons (Fsp3) is 0.455. The second-order valence-corrected chi connectivity index (χ2v) is 2.74. The monoisotopic (exact) mass is 238 g/mol. The van der Waals surface area contributed by atoms with Crippen molar-refractivity contribution < 1.29 is 22.3 Å². The molecule has 0 unspecified atom stereocenters. The summed E-state index contributed by atoms with van der Waals surface area (Å²) in [7, 11) is 1.38. The van der Waals surface area contributed by atoms with Gasteiger partial charge in [0, 0.05) is 7.11 Å². The molecule has 0 aliphatic carbocycles. The van der Waals surface area contributed by atoms with Crippen molar-refractivity contribution in [3.05, 3.63) is 35.1 Å². The normalized spacial score (nSPS) is 10.7. The van der Waals surface area contributed by atoms with Crippen LogP contribution in [0.2, 0.25) is 0 Å². The molecular weight excluding hydrogens is 224 g/mol. The Morgan fingerprint density at radius 2 is 1.75 bits per heavy atom. The average molecular weight is 238 g/mol. The molecule has 0 fully saturated rings. The quantitative estimate of drug-likeness (QED) is 0.707. The lowest BCUT2D eigenvalue weighted by Gasteiger charge is -2.08. The van der Waals surface area contributed by atoms with Crippen LogP contribution in [-0.4, -0.2) is 7.11 Å². The Balaban J connectivity index is 0.00000106. The molecular formula is C11H14F4O. The molecule has 0 aliphatic heterocycles. The van der Waals surface area contributed by atoms with E-state index in [2.05, 4.69) is 4.74 Å². The summed E-state index contributed by atoms with van der Waals surface area (Å²) < 4.78 is 53.8. The summed E-state index contributed by atoms with van der Waals surface area (Å²) in [4.78, 5) is 0. The molecule has 0 heterocycles. The maximum absolute atomic E-state index is 12.9. The molecule has 1 rings (SSSR count). The largest absolute Gasteiger partial charge is 0.419 e. The van der Waals surface area contributed by atoms with Gasteiger partial charge in [0.05, 0.1) is 12.2 Å². The van der Waals surface area contributed by atoms with Crippen molar-refractivity contribution in [3.63, 3.8) is 0 Å². The number of hydrogen-bond donors (Lipinski definition) is 0. The van der Waals surface area contributed by atoms with Crippen LogP contribution in [0.1, 0.15) is 25.0 Å². The molecule has 0 saturated heterocycles. The fourth-order valence-corrected chi connectivity index (χ4v) is 1.04. The summed E-state index contributed by atoms with van der Waals surface area (Å²) in [6.45, 7) is 4.09. The van der Waals surface area contributed by atoms with Crippen molar-refractivity contribution in [1.29, 1.82) is 0 Å². The van der Waals surface area contributed by atoms with Gasteiger partial charge in [0.25, 0.3) is 0 Å². The van der Waals surface area contributed by atoms with Crippen LogP contribution in [0.3, 0.4) is 0 Å². The molecule has 5 heteroatoms. The minimum Gasteiger partial charge on any atom is -0.380 e. The molecule has 0 N–H and O–H groups in total. The second kappa shape index (κ2) is 6.48. The smallest absolute Gasteiger partial charge is 0.380 e. The molecule has 1 aromatic rings. The Labute approximate surface area is 92.0 Å². The van der Waals surface area contributed by atoms with Gasteiger partial charge in [-0.15, -0.1) is 0 Å². The number of methoxy groups -OCH3 is 1. The van der Waals surface area contributed by atoms with Crippen molar-refractivity contribution in [3.8, 4) is 0 Å². The number of hydrogen-bond acceptors (Lipinski definition) is 1. The Morgan fingerprint density at radius 1 is 1.19 bits per heavy atom. The Kier molecular flexibility index (Phi) is 6.03. The summed E-state index contributed by atoms with van der Waals surface area (Å²) in [5.74, 6) is -1.27. The van der Waals surface area contributed by atoms with E-state index >= 15 is 0 Å². The van der Waals surface area contributed by atoms with Crippen LogP contribution in [-0.2, 0) is 17.5 Å². The maximum Gasteiger partial charge on any atom is 0.419 e. The highest BCUT2D eigenvalue weighted by atomic mass is 19.4. The number of halogens is 4. The van der Waals surface area contributed by atoms with E-state index in [1.165, 1.54) is 13.2 Å². The first-order valence-electron chi connectivity index (χ1n) is 4.79. The van der Waals surface area contributed by atoms with E-state index in [4.69, 9.17) is 0 Å². The first-order valence-corrected chi connectivity index (χ1v) is 4.79. The highest BCUT2D eigenvalue weighted by Crippen LogP contribution is 2.31. The number of alkyl halides is 3. The molecule has 0 aliphatic rings. The SMILES string of the molecule is CC.COCc1ccc(C(F)(F)F)c(F)c1. The van der Waals surface area contributed by atoms with Crippen LogP contribution in [0.5, 0.6) is 0 Å².